The third kappa shape index (κ3) is 6.04. The maximum Gasteiger partial charge on any atom is 0.341 e. The van der Waals surface area contributed by atoms with Gasteiger partial charge in [-0.05, 0) is 71.2 Å². The third-order valence-corrected chi connectivity index (χ3v) is 8.12. The average molecular weight is 478 g/mol. The molecule has 4 heteroatoms. The number of aliphatic carboxylic acids is 1. The third-order valence-electron chi connectivity index (χ3n) is 5.92. The first-order valence-electron chi connectivity index (χ1n) is 11.7. The van der Waals surface area contributed by atoms with Gasteiger partial charge in [0.2, 0.25) is 0 Å². The monoisotopic (exact) mass is 477 g/mol. The Morgan fingerprint density at radius 1 is 0.735 bits per heavy atom. The van der Waals surface area contributed by atoms with Crippen LogP contribution < -0.4 is 4.74 Å². The molecule has 0 aromatic heterocycles. The van der Waals surface area contributed by atoms with Gasteiger partial charge < -0.3 is 9.84 Å². The highest BCUT2D eigenvalue weighted by Gasteiger charge is 2.31. The Hall–Kier alpha value is -2.72. The second kappa shape index (κ2) is 9.87. The van der Waals surface area contributed by atoms with Crippen LogP contribution in [0.25, 0.3) is 0 Å². The summed E-state index contributed by atoms with van der Waals surface area (Å²) in [6.45, 7) is 17.0. The lowest BCUT2D eigenvalue weighted by molar-refractivity contribution is -0.139. The molecule has 3 aromatic carbocycles. The van der Waals surface area contributed by atoms with E-state index in [1.807, 2.05) is 13.8 Å². The summed E-state index contributed by atoms with van der Waals surface area (Å²) in [4.78, 5) is 14.7. The van der Waals surface area contributed by atoms with E-state index in [-0.39, 0.29) is 28.3 Å². The van der Waals surface area contributed by atoms with E-state index < -0.39 is 5.97 Å². The Morgan fingerprint density at radius 3 is 1.44 bits per heavy atom. The molecular weight excluding hydrogens is 440 g/mol. The highest BCUT2D eigenvalue weighted by molar-refractivity contribution is 7.97. The normalized spacial score (nSPS) is 12.1. The Morgan fingerprint density at radius 2 is 1.12 bits per heavy atom. The van der Waals surface area contributed by atoms with Crippen molar-refractivity contribution < 1.29 is 14.6 Å². The van der Waals surface area contributed by atoms with Gasteiger partial charge in [0.15, 0.2) is 21.3 Å². The van der Waals surface area contributed by atoms with Gasteiger partial charge in [-0.25, -0.2) is 4.79 Å². The van der Waals surface area contributed by atoms with Crippen molar-refractivity contribution in [2.24, 2.45) is 0 Å². The van der Waals surface area contributed by atoms with Gasteiger partial charge in [0.05, 0.1) is 10.9 Å². The van der Waals surface area contributed by atoms with Gasteiger partial charge in [-0.3, -0.25) is 0 Å². The molecule has 0 atom stereocenters. The Kier molecular flexibility index (Phi) is 7.52. The summed E-state index contributed by atoms with van der Waals surface area (Å²) in [7, 11) is -0.298. The number of hydrogen-bond acceptors (Lipinski definition) is 2. The first-order chi connectivity index (χ1) is 15.8. The van der Waals surface area contributed by atoms with Crippen molar-refractivity contribution in [3.8, 4) is 5.75 Å². The van der Waals surface area contributed by atoms with Crippen molar-refractivity contribution in [1.82, 2.24) is 0 Å². The molecule has 0 radical (unpaired) electrons. The van der Waals surface area contributed by atoms with Crippen LogP contribution in [0.15, 0.2) is 75.4 Å². The first-order valence-corrected chi connectivity index (χ1v) is 12.9. The molecule has 0 spiro atoms. The zero-order valence-electron chi connectivity index (χ0n) is 21.7. The Bertz CT molecular complexity index is 1070. The largest absolute Gasteiger partial charge is 0.481 e. The molecule has 3 rings (SSSR count). The standard InChI is InChI=1S/C30H36O3S/c1-20-17-26(18-21(2)28(20)33-19-27(31)32)34(24-13-9-22(10-14-24)29(3,4)5)25-15-11-23(12-16-25)30(6,7)8/h9-18H,19H2,1-8H3/p+1. The van der Waals surface area contributed by atoms with E-state index >= 15 is 0 Å². The summed E-state index contributed by atoms with van der Waals surface area (Å²) in [5.74, 6) is -0.318. The number of ether oxygens (including phenoxy) is 1. The highest BCUT2D eigenvalue weighted by atomic mass is 32.2. The van der Waals surface area contributed by atoms with E-state index in [1.54, 1.807) is 0 Å². The van der Waals surface area contributed by atoms with Crippen molar-refractivity contribution >= 4 is 16.9 Å². The number of carboxylic acids is 1. The van der Waals surface area contributed by atoms with Gasteiger partial charge in [0.1, 0.15) is 5.75 Å². The fourth-order valence-corrected chi connectivity index (χ4v) is 6.20. The van der Waals surface area contributed by atoms with Crippen LogP contribution >= 0.6 is 0 Å². The minimum Gasteiger partial charge on any atom is -0.481 e. The molecule has 0 saturated heterocycles. The molecular formula is C30H37O3S+. The molecule has 34 heavy (non-hydrogen) atoms. The minimum absolute atomic E-state index is 0.0990. The van der Waals surface area contributed by atoms with Gasteiger partial charge in [-0.15, -0.1) is 0 Å². The highest BCUT2D eigenvalue weighted by Crippen LogP contribution is 2.37. The SMILES string of the molecule is Cc1cc([S+](c2ccc(C(C)(C)C)cc2)c2ccc(C(C)(C)C)cc2)cc(C)c1OCC(=O)O. The number of carboxylic acid groups (broad SMARTS) is 1. The quantitative estimate of drug-likeness (QED) is 0.375. The average Bonchev–Trinajstić information content (AvgIpc) is 2.72. The Labute approximate surface area is 207 Å². The molecule has 0 saturated carbocycles. The van der Waals surface area contributed by atoms with Crippen LogP contribution in [-0.4, -0.2) is 17.7 Å². The zero-order chi connectivity index (χ0) is 25.3. The molecule has 3 aromatic rings. The molecule has 1 N–H and O–H groups in total. The maximum atomic E-state index is 11.0. The number of benzene rings is 3. The summed E-state index contributed by atoms with van der Waals surface area (Å²) >= 11 is 0. The van der Waals surface area contributed by atoms with Crippen molar-refractivity contribution in [3.63, 3.8) is 0 Å². The molecule has 0 aliphatic rings. The van der Waals surface area contributed by atoms with Gasteiger partial charge in [-0.1, -0.05) is 65.8 Å². The van der Waals surface area contributed by atoms with Crippen molar-refractivity contribution in [1.29, 1.82) is 0 Å². The van der Waals surface area contributed by atoms with Crippen LogP contribution in [0.1, 0.15) is 63.8 Å². The van der Waals surface area contributed by atoms with E-state index in [4.69, 9.17) is 9.84 Å². The molecule has 180 valence electrons. The van der Waals surface area contributed by atoms with Gasteiger partial charge in [-0.2, -0.15) is 0 Å². The topological polar surface area (TPSA) is 46.5 Å². The molecule has 0 unspecified atom stereocenters. The van der Waals surface area contributed by atoms with Crippen LogP contribution in [0.5, 0.6) is 5.75 Å². The lowest BCUT2D eigenvalue weighted by Gasteiger charge is -2.20. The Balaban J connectivity index is 2.11. The van der Waals surface area contributed by atoms with E-state index in [1.165, 1.54) is 25.8 Å². The van der Waals surface area contributed by atoms with Crippen LogP contribution in [0.3, 0.4) is 0 Å². The second-order valence-corrected chi connectivity index (χ2v) is 13.0. The molecule has 0 heterocycles. The van der Waals surface area contributed by atoms with Crippen LogP contribution in [0.2, 0.25) is 0 Å². The smallest absolute Gasteiger partial charge is 0.341 e. The summed E-state index contributed by atoms with van der Waals surface area (Å²) in [5.41, 5.74) is 4.72. The summed E-state index contributed by atoms with van der Waals surface area (Å²) in [6.07, 6.45) is 0. The molecule has 0 amide bonds. The summed E-state index contributed by atoms with van der Waals surface area (Å²) in [6, 6.07) is 22.2. The molecule has 0 bridgehead atoms. The first kappa shape index (κ1) is 25.9. The summed E-state index contributed by atoms with van der Waals surface area (Å²) < 4.78 is 5.59. The van der Waals surface area contributed by atoms with E-state index in [0.29, 0.717) is 5.75 Å². The van der Waals surface area contributed by atoms with Gasteiger partial charge in [0.25, 0.3) is 0 Å². The number of carbonyl (C=O) groups is 1. The van der Waals surface area contributed by atoms with Crippen LogP contribution in [0, 0.1) is 13.8 Å². The second-order valence-electron chi connectivity index (χ2n) is 10.9. The van der Waals surface area contributed by atoms with Crippen molar-refractivity contribution in [2.45, 2.75) is 80.9 Å². The summed E-state index contributed by atoms with van der Waals surface area (Å²) in [5, 5.41) is 9.03. The molecule has 0 aliphatic heterocycles. The van der Waals surface area contributed by atoms with E-state index in [9.17, 15) is 4.79 Å². The zero-order valence-corrected chi connectivity index (χ0v) is 22.5. The van der Waals surface area contributed by atoms with Crippen molar-refractivity contribution in [2.75, 3.05) is 6.61 Å². The maximum absolute atomic E-state index is 11.0. The predicted octanol–water partition coefficient (Wildman–Crippen LogP) is 7.46. The predicted molar refractivity (Wildman–Crippen MR) is 141 cm³/mol. The molecule has 0 fully saturated rings. The van der Waals surface area contributed by atoms with Crippen LogP contribution in [0.4, 0.5) is 0 Å². The number of aryl methyl sites for hydroxylation is 2. The van der Waals surface area contributed by atoms with E-state index in [2.05, 4.69) is 102 Å². The van der Waals surface area contributed by atoms with E-state index in [0.717, 1.165) is 11.1 Å². The van der Waals surface area contributed by atoms with Gasteiger partial charge >= 0.3 is 5.97 Å². The fraction of sp³-hybridized carbons (Fsp3) is 0.367. The molecule has 0 aliphatic carbocycles. The van der Waals surface area contributed by atoms with Crippen LogP contribution in [-0.2, 0) is 26.5 Å². The van der Waals surface area contributed by atoms with Gasteiger partial charge in [0, 0.05) is 12.1 Å². The van der Waals surface area contributed by atoms with Crippen molar-refractivity contribution in [3.05, 3.63) is 82.9 Å². The lowest BCUT2D eigenvalue weighted by Crippen LogP contribution is -2.13. The lowest BCUT2D eigenvalue weighted by atomic mass is 9.87. The number of rotatable bonds is 6. The fourth-order valence-electron chi connectivity index (χ4n) is 3.98. The molecule has 3 nitrogen and oxygen atoms in total. The number of hydrogen-bond donors (Lipinski definition) is 1. The minimum atomic E-state index is -0.972.